The lowest BCUT2D eigenvalue weighted by molar-refractivity contribution is 0.232. The van der Waals surface area contributed by atoms with Crippen molar-refractivity contribution >= 4 is 17.3 Å². The first-order valence-corrected chi connectivity index (χ1v) is 7.37. The van der Waals surface area contributed by atoms with Gasteiger partial charge in [0.15, 0.2) is 0 Å². The predicted molar refractivity (Wildman–Crippen MR) is 80.2 cm³/mol. The largest absolute Gasteiger partial charge is 0.367 e. The number of hydrogen-bond acceptors (Lipinski definition) is 2. The van der Waals surface area contributed by atoms with Crippen molar-refractivity contribution in [2.45, 2.75) is 45.1 Å². The Kier molecular flexibility index (Phi) is 4.37. The molecule has 0 heterocycles. The molecule has 1 N–H and O–H groups in total. The van der Waals surface area contributed by atoms with Crippen molar-refractivity contribution in [2.75, 3.05) is 5.32 Å². The van der Waals surface area contributed by atoms with Crippen molar-refractivity contribution in [3.63, 3.8) is 0 Å². The minimum Gasteiger partial charge on any atom is -0.367 e. The second-order valence-electron chi connectivity index (χ2n) is 5.93. The van der Waals surface area contributed by atoms with E-state index in [9.17, 15) is 5.26 Å². The fourth-order valence-corrected chi connectivity index (χ4v) is 3.07. The van der Waals surface area contributed by atoms with E-state index in [4.69, 9.17) is 11.6 Å². The molecule has 1 aromatic rings. The fourth-order valence-electron chi connectivity index (χ4n) is 2.94. The lowest BCUT2D eigenvalue weighted by Crippen LogP contribution is -2.42. The Morgan fingerprint density at radius 2 is 2.05 bits per heavy atom. The average Bonchev–Trinajstić information content (AvgIpc) is 2.42. The van der Waals surface area contributed by atoms with E-state index in [-0.39, 0.29) is 0 Å². The summed E-state index contributed by atoms with van der Waals surface area (Å²) >= 11 is 5.89. The van der Waals surface area contributed by atoms with Crippen molar-refractivity contribution in [2.24, 2.45) is 11.8 Å². The zero-order valence-corrected chi connectivity index (χ0v) is 12.4. The number of nitriles is 1. The summed E-state index contributed by atoms with van der Waals surface area (Å²) in [5.41, 5.74) is 0.566. The molecule has 0 amide bonds. The van der Waals surface area contributed by atoms with Crippen LogP contribution >= 0.6 is 11.6 Å². The molecule has 0 aromatic heterocycles. The molecule has 0 aliphatic heterocycles. The van der Waals surface area contributed by atoms with Crippen LogP contribution in [0.2, 0.25) is 5.02 Å². The topological polar surface area (TPSA) is 35.8 Å². The van der Waals surface area contributed by atoms with Gasteiger partial charge in [-0.2, -0.15) is 5.26 Å². The molecule has 2 nitrogen and oxygen atoms in total. The highest BCUT2D eigenvalue weighted by Gasteiger charge is 2.37. The molecule has 1 aliphatic rings. The van der Waals surface area contributed by atoms with E-state index in [1.807, 2.05) is 24.3 Å². The van der Waals surface area contributed by atoms with Crippen LogP contribution in [0.4, 0.5) is 5.69 Å². The van der Waals surface area contributed by atoms with Gasteiger partial charge in [-0.1, -0.05) is 25.4 Å². The van der Waals surface area contributed by atoms with Gasteiger partial charge in [0, 0.05) is 10.7 Å². The number of nitrogens with one attached hydrogen (secondary N) is 1. The number of hydrogen-bond donors (Lipinski definition) is 1. The number of anilines is 1. The van der Waals surface area contributed by atoms with Crippen molar-refractivity contribution in [1.29, 1.82) is 5.26 Å². The average molecular weight is 277 g/mol. The second kappa shape index (κ2) is 5.84. The van der Waals surface area contributed by atoms with Crippen LogP contribution in [0.3, 0.4) is 0 Å². The van der Waals surface area contributed by atoms with Crippen LogP contribution in [0.1, 0.15) is 39.5 Å². The van der Waals surface area contributed by atoms with Crippen LogP contribution in [0.5, 0.6) is 0 Å². The molecule has 19 heavy (non-hydrogen) atoms. The van der Waals surface area contributed by atoms with Gasteiger partial charge < -0.3 is 5.32 Å². The van der Waals surface area contributed by atoms with Gasteiger partial charge in [-0.05, 0) is 61.8 Å². The smallest absolute Gasteiger partial charge is 0.125 e. The van der Waals surface area contributed by atoms with Crippen molar-refractivity contribution < 1.29 is 0 Å². The summed E-state index contributed by atoms with van der Waals surface area (Å²) in [5, 5.41) is 13.8. The Morgan fingerprint density at radius 3 is 2.63 bits per heavy atom. The monoisotopic (exact) mass is 276 g/mol. The molecule has 2 rings (SSSR count). The highest BCUT2D eigenvalue weighted by atomic mass is 35.5. The summed E-state index contributed by atoms with van der Waals surface area (Å²) in [5.74, 6) is 1.27. The standard InChI is InChI=1S/C16H21ClN2/c1-12(2)13-4-3-9-16(10-13,11-18)19-15-7-5-14(17)6-8-15/h5-8,12-13,19H,3-4,9-10H2,1-2H3. The summed E-state index contributed by atoms with van der Waals surface area (Å²) in [4.78, 5) is 0. The minimum absolute atomic E-state index is 0.416. The zero-order valence-electron chi connectivity index (χ0n) is 11.6. The van der Waals surface area contributed by atoms with Crippen LogP contribution in [0.15, 0.2) is 24.3 Å². The second-order valence-corrected chi connectivity index (χ2v) is 6.36. The van der Waals surface area contributed by atoms with Gasteiger partial charge >= 0.3 is 0 Å². The first-order valence-electron chi connectivity index (χ1n) is 7.00. The van der Waals surface area contributed by atoms with Gasteiger partial charge in [-0.25, -0.2) is 0 Å². The normalized spacial score (nSPS) is 27.0. The first kappa shape index (κ1) is 14.2. The quantitative estimate of drug-likeness (QED) is 0.856. The van der Waals surface area contributed by atoms with Gasteiger partial charge in [0.1, 0.15) is 5.54 Å². The Morgan fingerprint density at radius 1 is 1.37 bits per heavy atom. The SMILES string of the molecule is CC(C)C1CCCC(C#N)(Nc2ccc(Cl)cc2)C1. The summed E-state index contributed by atoms with van der Waals surface area (Å²) < 4.78 is 0. The van der Waals surface area contributed by atoms with E-state index in [2.05, 4.69) is 25.2 Å². The Labute approximate surface area is 120 Å². The molecule has 2 atom stereocenters. The number of nitrogens with zero attached hydrogens (tertiary/aromatic N) is 1. The number of halogens is 1. The van der Waals surface area contributed by atoms with Crippen LogP contribution in [0, 0.1) is 23.2 Å². The summed E-state index contributed by atoms with van der Waals surface area (Å²) in [6.45, 7) is 4.50. The third-order valence-corrected chi connectivity index (χ3v) is 4.43. The van der Waals surface area contributed by atoms with E-state index >= 15 is 0 Å². The van der Waals surface area contributed by atoms with Gasteiger partial charge in [0.2, 0.25) is 0 Å². The van der Waals surface area contributed by atoms with Crippen LogP contribution in [-0.2, 0) is 0 Å². The van der Waals surface area contributed by atoms with E-state index in [0.717, 1.165) is 30.0 Å². The maximum Gasteiger partial charge on any atom is 0.125 e. The lowest BCUT2D eigenvalue weighted by atomic mass is 9.72. The molecular weight excluding hydrogens is 256 g/mol. The molecule has 0 radical (unpaired) electrons. The predicted octanol–water partition coefficient (Wildman–Crippen LogP) is 4.86. The number of benzene rings is 1. The van der Waals surface area contributed by atoms with E-state index < -0.39 is 5.54 Å². The molecule has 1 saturated carbocycles. The molecule has 102 valence electrons. The van der Waals surface area contributed by atoms with Crippen molar-refractivity contribution in [3.05, 3.63) is 29.3 Å². The maximum absolute atomic E-state index is 9.62. The van der Waals surface area contributed by atoms with Crippen molar-refractivity contribution in [1.82, 2.24) is 0 Å². The molecule has 0 saturated heterocycles. The van der Waals surface area contributed by atoms with Crippen LogP contribution in [0.25, 0.3) is 0 Å². The highest BCUT2D eigenvalue weighted by molar-refractivity contribution is 6.30. The zero-order chi connectivity index (χ0) is 13.9. The van der Waals surface area contributed by atoms with Crippen molar-refractivity contribution in [3.8, 4) is 6.07 Å². The van der Waals surface area contributed by atoms with Gasteiger partial charge in [-0.15, -0.1) is 0 Å². The first-order chi connectivity index (χ1) is 9.04. The summed E-state index contributed by atoms with van der Waals surface area (Å²) in [6, 6.07) is 10.1. The molecular formula is C16H21ClN2. The molecule has 3 heteroatoms. The van der Waals surface area contributed by atoms with Gasteiger partial charge in [-0.3, -0.25) is 0 Å². The van der Waals surface area contributed by atoms with E-state index in [0.29, 0.717) is 11.8 Å². The highest BCUT2D eigenvalue weighted by Crippen LogP contribution is 2.38. The Bertz CT molecular complexity index is 461. The maximum atomic E-state index is 9.62. The lowest BCUT2D eigenvalue weighted by Gasteiger charge is -2.38. The molecule has 0 bridgehead atoms. The molecule has 1 fully saturated rings. The van der Waals surface area contributed by atoms with Gasteiger partial charge in [0.05, 0.1) is 6.07 Å². The third-order valence-electron chi connectivity index (χ3n) is 4.17. The minimum atomic E-state index is -0.416. The summed E-state index contributed by atoms with van der Waals surface area (Å²) in [7, 11) is 0. The molecule has 1 aliphatic carbocycles. The van der Waals surface area contributed by atoms with Crippen LogP contribution < -0.4 is 5.32 Å². The third kappa shape index (κ3) is 3.42. The van der Waals surface area contributed by atoms with E-state index in [1.165, 1.54) is 6.42 Å². The van der Waals surface area contributed by atoms with Gasteiger partial charge in [0.25, 0.3) is 0 Å². The van der Waals surface area contributed by atoms with Crippen LogP contribution in [-0.4, -0.2) is 5.54 Å². The molecule has 2 unspecified atom stereocenters. The summed E-state index contributed by atoms with van der Waals surface area (Å²) in [6.07, 6.45) is 4.22. The van der Waals surface area contributed by atoms with E-state index in [1.54, 1.807) is 0 Å². The number of rotatable bonds is 3. The Hall–Kier alpha value is -1.20. The molecule has 1 aromatic carbocycles. The Balaban J connectivity index is 2.14. The molecule has 0 spiro atoms. The fraction of sp³-hybridized carbons (Fsp3) is 0.562.